The maximum atomic E-state index is 12.1. The van der Waals surface area contributed by atoms with Gasteiger partial charge in [0.15, 0.2) is 0 Å². The van der Waals surface area contributed by atoms with Crippen molar-refractivity contribution >= 4 is 29.0 Å². The number of nitrogens with two attached hydrogens (primary N) is 1. The van der Waals surface area contributed by atoms with E-state index < -0.39 is 6.04 Å². The van der Waals surface area contributed by atoms with Crippen LogP contribution in [0.15, 0.2) is 17.5 Å². The molecule has 1 fully saturated rings. The Balaban J connectivity index is 1.88. The summed E-state index contributed by atoms with van der Waals surface area (Å²) < 4.78 is 0.225. The van der Waals surface area contributed by atoms with Crippen molar-refractivity contribution in [1.82, 2.24) is 5.32 Å². The molecule has 1 atom stereocenters. The van der Waals surface area contributed by atoms with Crippen molar-refractivity contribution in [2.75, 3.05) is 12.8 Å². The van der Waals surface area contributed by atoms with Crippen LogP contribution < -0.4 is 11.1 Å². The number of thiophene rings is 1. The molecule has 1 aliphatic carbocycles. The van der Waals surface area contributed by atoms with Crippen molar-refractivity contribution in [2.24, 2.45) is 5.73 Å². The highest BCUT2D eigenvalue weighted by Gasteiger charge is 2.32. The van der Waals surface area contributed by atoms with E-state index in [2.05, 4.69) is 11.6 Å². The predicted octanol–water partition coefficient (Wildman–Crippen LogP) is 2.93. The molecule has 2 rings (SSSR count). The van der Waals surface area contributed by atoms with Crippen LogP contribution in [-0.2, 0) is 4.79 Å². The fraction of sp³-hybridized carbons (Fsp3) is 0.643. The Hall–Kier alpha value is -0.520. The van der Waals surface area contributed by atoms with E-state index in [9.17, 15) is 4.79 Å². The molecule has 0 aliphatic heterocycles. The van der Waals surface area contributed by atoms with Crippen LogP contribution in [0.5, 0.6) is 0 Å². The van der Waals surface area contributed by atoms with Crippen LogP contribution in [0.25, 0.3) is 0 Å². The summed E-state index contributed by atoms with van der Waals surface area (Å²) in [6.45, 7) is 0.742. The van der Waals surface area contributed by atoms with Gasteiger partial charge in [-0.25, -0.2) is 0 Å². The number of nitrogens with one attached hydrogen (secondary N) is 1. The Morgan fingerprint density at radius 1 is 1.53 bits per heavy atom. The fourth-order valence-corrected chi connectivity index (χ4v) is 4.24. The van der Waals surface area contributed by atoms with Gasteiger partial charge in [0.25, 0.3) is 0 Å². The summed E-state index contributed by atoms with van der Waals surface area (Å²) >= 11 is 3.43. The lowest BCUT2D eigenvalue weighted by Crippen LogP contribution is -2.44. The number of amides is 1. The summed E-state index contributed by atoms with van der Waals surface area (Å²) in [4.78, 5) is 13.0. The van der Waals surface area contributed by atoms with Crippen LogP contribution in [0.4, 0.5) is 0 Å². The van der Waals surface area contributed by atoms with Gasteiger partial charge >= 0.3 is 0 Å². The Labute approximate surface area is 123 Å². The third-order valence-electron chi connectivity index (χ3n) is 3.91. The van der Waals surface area contributed by atoms with E-state index in [1.165, 1.54) is 43.4 Å². The van der Waals surface area contributed by atoms with E-state index in [-0.39, 0.29) is 10.7 Å². The Morgan fingerprint density at radius 2 is 2.26 bits per heavy atom. The lowest BCUT2D eigenvalue weighted by Gasteiger charge is -2.36. The summed E-state index contributed by atoms with van der Waals surface area (Å²) in [5, 5.41) is 5.01. The Bertz CT molecular complexity index is 400. The largest absolute Gasteiger partial charge is 0.353 e. The summed E-state index contributed by atoms with van der Waals surface area (Å²) in [5.41, 5.74) is 5.97. The lowest BCUT2D eigenvalue weighted by molar-refractivity contribution is -0.122. The standard InChI is InChI=1S/C14H22N2OS2/c1-18-14(7-3-2-4-8-14)10-16-13(17)12(15)11-6-5-9-19-11/h5-6,9,12H,2-4,7-8,10,15H2,1H3,(H,16,17). The van der Waals surface area contributed by atoms with Gasteiger partial charge in [-0.1, -0.05) is 25.3 Å². The molecule has 1 amide bonds. The van der Waals surface area contributed by atoms with Crippen molar-refractivity contribution in [2.45, 2.75) is 42.9 Å². The highest BCUT2D eigenvalue weighted by molar-refractivity contribution is 8.00. The van der Waals surface area contributed by atoms with E-state index in [4.69, 9.17) is 5.73 Å². The number of rotatable bonds is 5. The minimum atomic E-state index is -0.525. The van der Waals surface area contributed by atoms with Crippen molar-refractivity contribution in [1.29, 1.82) is 0 Å². The third-order valence-corrected chi connectivity index (χ3v) is 6.29. The summed E-state index contributed by atoms with van der Waals surface area (Å²) in [5.74, 6) is -0.0542. The van der Waals surface area contributed by atoms with Crippen molar-refractivity contribution in [3.63, 3.8) is 0 Å². The SMILES string of the molecule is CSC1(CNC(=O)C(N)c2cccs2)CCCCC1. The molecule has 3 N–H and O–H groups in total. The van der Waals surface area contributed by atoms with Crippen LogP contribution in [0, 0.1) is 0 Å². The van der Waals surface area contributed by atoms with E-state index in [1.807, 2.05) is 29.3 Å². The van der Waals surface area contributed by atoms with Crippen LogP contribution in [-0.4, -0.2) is 23.5 Å². The van der Waals surface area contributed by atoms with E-state index in [1.54, 1.807) is 0 Å². The third kappa shape index (κ3) is 3.74. The minimum Gasteiger partial charge on any atom is -0.353 e. The van der Waals surface area contributed by atoms with Crippen LogP contribution in [0.3, 0.4) is 0 Å². The fourth-order valence-electron chi connectivity index (χ4n) is 2.60. The van der Waals surface area contributed by atoms with E-state index in [0.717, 1.165) is 11.4 Å². The molecule has 106 valence electrons. The summed E-state index contributed by atoms with van der Waals surface area (Å²) in [6, 6.07) is 3.32. The predicted molar refractivity (Wildman–Crippen MR) is 83.6 cm³/mol. The second-order valence-corrected chi connectivity index (χ2v) is 7.41. The molecule has 1 aromatic heterocycles. The monoisotopic (exact) mass is 298 g/mol. The number of carbonyl (C=O) groups excluding carboxylic acids is 1. The van der Waals surface area contributed by atoms with Gasteiger partial charge in [-0.15, -0.1) is 11.3 Å². The highest BCUT2D eigenvalue weighted by atomic mass is 32.2. The smallest absolute Gasteiger partial charge is 0.242 e. The van der Waals surface area contributed by atoms with Crippen molar-refractivity contribution in [3.05, 3.63) is 22.4 Å². The summed E-state index contributed by atoms with van der Waals surface area (Å²) in [6.07, 6.45) is 8.41. The molecule has 0 spiro atoms. The molecule has 1 aromatic rings. The Morgan fingerprint density at radius 3 is 2.84 bits per heavy atom. The molecule has 3 nitrogen and oxygen atoms in total. The highest BCUT2D eigenvalue weighted by Crippen LogP contribution is 2.38. The molecule has 1 aliphatic rings. The molecule has 1 heterocycles. The minimum absolute atomic E-state index is 0.0542. The molecule has 0 aromatic carbocycles. The second kappa shape index (κ2) is 6.77. The molecule has 0 bridgehead atoms. The van der Waals surface area contributed by atoms with Gasteiger partial charge in [0, 0.05) is 16.2 Å². The second-order valence-electron chi connectivity index (χ2n) is 5.16. The van der Waals surface area contributed by atoms with Gasteiger partial charge in [0.2, 0.25) is 5.91 Å². The quantitative estimate of drug-likeness (QED) is 0.879. The van der Waals surface area contributed by atoms with Gasteiger partial charge < -0.3 is 11.1 Å². The molecule has 0 saturated heterocycles. The van der Waals surface area contributed by atoms with Crippen molar-refractivity contribution in [3.8, 4) is 0 Å². The van der Waals surface area contributed by atoms with Gasteiger partial charge in [0.05, 0.1) is 0 Å². The van der Waals surface area contributed by atoms with Gasteiger partial charge in [-0.3, -0.25) is 4.79 Å². The lowest BCUT2D eigenvalue weighted by atomic mass is 9.88. The zero-order chi connectivity index (χ0) is 13.7. The number of hydrogen-bond acceptors (Lipinski definition) is 4. The normalized spacial score (nSPS) is 19.9. The van der Waals surface area contributed by atoms with E-state index in [0.29, 0.717) is 0 Å². The van der Waals surface area contributed by atoms with E-state index >= 15 is 0 Å². The van der Waals surface area contributed by atoms with Crippen LogP contribution >= 0.6 is 23.1 Å². The average molecular weight is 298 g/mol. The topological polar surface area (TPSA) is 55.1 Å². The number of hydrogen-bond donors (Lipinski definition) is 2. The first-order valence-electron chi connectivity index (χ1n) is 6.79. The molecular formula is C14H22N2OS2. The molecule has 1 unspecified atom stereocenters. The maximum absolute atomic E-state index is 12.1. The molecule has 5 heteroatoms. The maximum Gasteiger partial charge on any atom is 0.242 e. The van der Waals surface area contributed by atoms with Gasteiger partial charge in [-0.05, 0) is 30.5 Å². The van der Waals surface area contributed by atoms with Crippen LogP contribution in [0.2, 0.25) is 0 Å². The van der Waals surface area contributed by atoms with Gasteiger partial charge in [0.1, 0.15) is 6.04 Å². The zero-order valence-electron chi connectivity index (χ0n) is 11.4. The summed E-state index contributed by atoms with van der Waals surface area (Å²) in [7, 11) is 0. The van der Waals surface area contributed by atoms with Crippen LogP contribution in [0.1, 0.15) is 43.0 Å². The molecular weight excluding hydrogens is 276 g/mol. The zero-order valence-corrected chi connectivity index (χ0v) is 13.0. The molecule has 19 heavy (non-hydrogen) atoms. The molecule has 0 radical (unpaired) electrons. The first-order valence-corrected chi connectivity index (χ1v) is 8.89. The Kier molecular flexibility index (Phi) is 5.30. The van der Waals surface area contributed by atoms with Gasteiger partial charge in [-0.2, -0.15) is 11.8 Å². The number of thioether (sulfide) groups is 1. The van der Waals surface area contributed by atoms with Crippen molar-refractivity contribution < 1.29 is 4.79 Å². The first kappa shape index (κ1) is 14.9. The number of carbonyl (C=O) groups is 1. The average Bonchev–Trinajstić information content (AvgIpc) is 2.99. The first-order chi connectivity index (χ1) is 9.17. The molecule has 1 saturated carbocycles.